The maximum atomic E-state index is 13.2. The number of carbonyl (C=O) groups excluding carboxylic acids is 1. The fourth-order valence-electron chi connectivity index (χ4n) is 2.93. The molecule has 0 unspecified atom stereocenters. The molecule has 30 heavy (non-hydrogen) atoms. The van der Waals surface area contributed by atoms with Crippen LogP contribution in [-0.2, 0) is 0 Å². The number of aromatic amines is 1. The van der Waals surface area contributed by atoms with Gasteiger partial charge in [0.15, 0.2) is 10.9 Å². The van der Waals surface area contributed by atoms with Crippen molar-refractivity contribution < 1.29 is 18.3 Å². The highest BCUT2D eigenvalue weighted by Crippen LogP contribution is 2.24. The number of hydrogen-bond acceptors (Lipinski definition) is 5. The van der Waals surface area contributed by atoms with Gasteiger partial charge in [0.05, 0.1) is 28.0 Å². The van der Waals surface area contributed by atoms with E-state index in [1.165, 1.54) is 28.8 Å². The highest BCUT2D eigenvalue weighted by atomic mass is 32.2. The van der Waals surface area contributed by atoms with Crippen molar-refractivity contribution in [2.45, 2.75) is 11.8 Å². The minimum absolute atomic E-state index is 0.0216. The van der Waals surface area contributed by atoms with Crippen molar-refractivity contribution in [3.8, 4) is 11.4 Å². The molecule has 0 radical (unpaired) electrons. The number of H-pyrrole nitrogens is 1. The van der Waals surface area contributed by atoms with Gasteiger partial charge in [-0.25, -0.2) is 4.98 Å². The zero-order chi connectivity index (χ0) is 21.1. The van der Waals surface area contributed by atoms with Crippen LogP contribution in [0.1, 0.15) is 10.5 Å². The van der Waals surface area contributed by atoms with Crippen molar-refractivity contribution in [3.63, 3.8) is 0 Å². The molecule has 0 aliphatic carbocycles. The molecule has 1 N–H and O–H groups in total. The third-order valence-corrected chi connectivity index (χ3v) is 5.23. The highest BCUT2D eigenvalue weighted by Gasteiger charge is 2.16. The van der Waals surface area contributed by atoms with E-state index in [1.54, 1.807) is 42.6 Å². The fourth-order valence-corrected chi connectivity index (χ4v) is 3.82. The summed E-state index contributed by atoms with van der Waals surface area (Å²) in [5.41, 5.74) is 1.07. The fraction of sp³-hybridized carbons (Fsp3) is 0.0952. The van der Waals surface area contributed by atoms with E-state index in [0.29, 0.717) is 27.4 Å². The number of halogens is 2. The molecule has 2 heterocycles. The van der Waals surface area contributed by atoms with E-state index in [2.05, 4.69) is 14.7 Å². The number of benzene rings is 2. The number of ether oxygens (including phenoxy) is 1. The summed E-state index contributed by atoms with van der Waals surface area (Å²) in [4.78, 5) is 32.9. The molecule has 152 valence electrons. The quantitative estimate of drug-likeness (QED) is 0.271. The molecule has 9 heteroatoms. The first-order valence-electron chi connectivity index (χ1n) is 8.89. The number of thioether (sulfide) groups is 1. The molecule has 2 aromatic carbocycles. The Hall–Kier alpha value is -3.46. The van der Waals surface area contributed by atoms with Gasteiger partial charge in [0.25, 0.3) is 5.56 Å². The zero-order valence-electron chi connectivity index (χ0n) is 15.4. The number of nitrogens with one attached hydrogen (secondary N) is 1. The molecule has 0 amide bonds. The molecule has 0 aliphatic heterocycles. The monoisotopic (exact) mass is 427 g/mol. The first-order chi connectivity index (χ1) is 14.5. The highest BCUT2D eigenvalue weighted by molar-refractivity contribution is 7.99. The minimum atomic E-state index is -2.94. The molecular formula is C21H15F2N3O3S. The van der Waals surface area contributed by atoms with Crippen LogP contribution in [-0.4, -0.2) is 32.7 Å². The number of Topliss-reactive ketones (excluding diaryl/α,β-unsaturated/α-hetero) is 1. The molecule has 0 atom stereocenters. The number of nitrogens with zero attached hydrogens (tertiary/aromatic N) is 2. The summed E-state index contributed by atoms with van der Waals surface area (Å²) < 4.78 is 30.6. The van der Waals surface area contributed by atoms with Crippen LogP contribution in [0.15, 0.2) is 76.8 Å². The second-order valence-electron chi connectivity index (χ2n) is 6.22. The van der Waals surface area contributed by atoms with Crippen LogP contribution in [0.5, 0.6) is 5.75 Å². The summed E-state index contributed by atoms with van der Waals surface area (Å²) in [6, 6.07) is 16.0. The van der Waals surface area contributed by atoms with Crippen LogP contribution in [0.3, 0.4) is 0 Å². The third kappa shape index (κ3) is 4.11. The van der Waals surface area contributed by atoms with E-state index in [0.717, 1.165) is 11.8 Å². The largest absolute Gasteiger partial charge is 0.435 e. The first kappa shape index (κ1) is 19.8. The lowest BCUT2D eigenvalue weighted by atomic mass is 10.2. The molecule has 2 aromatic heterocycles. The molecule has 4 aromatic rings. The Labute approximate surface area is 173 Å². The van der Waals surface area contributed by atoms with Crippen LogP contribution in [0.25, 0.3) is 16.6 Å². The predicted molar refractivity (Wildman–Crippen MR) is 110 cm³/mol. The number of alkyl halides is 2. The Morgan fingerprint density at radius 1 is 1.10 bits per heavy atom. The lowest BCUT2D eigenvalue weighted by Crippen LogP contribution is -2.22. The Morgan fingerprint density at radius 3 is 2.57 bits per heavy atom. The van der Waals surface area contributed by atoms with Gasteiger partial charge >= 0.3 is 6.61 Å². The number of ketones is 1. The first-order valence-corrected chi connectivity index (χ1v) is 9.88. The molecule has 0 aliphatic rings. The Morgan fingerprint density at radius 2 is 1.87 bits per heavy atom. The van der Waals surface area contributed by atoms with Crippen LogP contribution >= 0.6 is 11.8 Å². The van der Waals surface area contributed by atoms with Gasteiger partial charge < -0.3 is 9.72 Å². The predicted octanol–water partition coefficient (Wildman–Crippen LogP) is 4.29. The van der Waals surface area contributed by atoms with E-state index in [-0.39, 0.29) is 22.8 Å². The van der Waals surface area contributed by atoms with Gasteiger partial charge in [-0.05, 0) is 48.5 Å². The van der Waals surface area contributed by atoms with E-state index in [4.69, 9.17) is 0 Å². The van der Waals surface area contributed by atoms with Crippen molar-refractivity contribution in [2.75, 3.05) is 5.75 Å². The number of para-hydroxylation sites is 1. The maximum Gasteiger partial charge on any atom is 0.387 e. The maximum absolute atomic E-state index is 13.2. The summed E-state index contributed by atoms with van der Waals surface area (Å²) in [5.74, 6) is -0.0935. The lowest BCUT2D eigenvalue weighted by molar-refractivity contribution is -0.0498. The molecular weight excluding hydrogens is 412 g/mol. The van der Waals surface area contributed by atoms with Crippen LogP contribution in [0.2, 0.25) is 0 Å². The Kier molecular flexibility index (Phi) is 5.62. The van der Waals surface area contributed by atoms with Crippen molar-refractivity contribution in [3.05, 3.63) is 82.9 Å². The van der Waals surface area contributed by atoms with Crippen LogP contribution in [0, 0.1) is 0 Å². The van der Waals surface area contributed by atoms with Gasteiger partial charge in [-0.1, -0.05) is 23.9 Å². The lowest BCUT2D eigenvalue weighted by Gasteiger charge is -2.13. The number of aromatic nitrogens is 3. The van der Waals surface area contributed by atoms with Gasteiger partial charge in [-0.2, -0.15) is 8.78 Å². The summed E-state index contributed by atoms with van der Waals surface area (Å²) in [6.45, 7) is -2.94. The van der Waals surface area contributed by atoms with E-state index in [9.17, 15) is 18.4 Å². The number of fused-ring (bicyclic) bond motifs is 1. The third-order valence-electron chi connectivity index (χ3n) is 4.30. The van der Waals surface area contributed by atoms with E-state index >= 15 is 0 Å². The summed E-state index contributed by atoms with van der Waals surface area (Å²) in [7, 11) is 0. The Bertz CT molecular complexity index is 1240. The number of carbonyl (C=O) groups is 1. The van der Waals surface area contributed by atoms with Crippen molar-refractivity contribution in [1.82, 2.24) is 14.5 Å². The second-order valence-corrected chi connectivity index (χ2v) is 7.16. The zero-order valence-corrected chi connectivity index (χ0v) is 16.2. The number of hydrogen-bond donors (Lipinski definition) is 1. The SMILES string of the molecule is O=C(CSc1nc2ccccc2c(=O)n1-c1ccc(OC(F)F)cc1)c1ccc[nH]1. The molecule has 0 spiro atoms. The standard InChI is InChI=1S/C21H15F2N3O3S/c22-20(23)29-14-9-7-13(8-10-14)26-19(28)15-4-1-2-5-16(15)25-21(26)30-12-18(27)17-6-3-11-24-17/h1-11,20,24H,12H2. The number of rotatable bonds is 7. The van der Waals surface area contributed by atoms with Gasteiger partial charge in [0, 0.05) is 6.20 Å². The van der Waals surface area contributed by atoms with Gasteiger partial charge in [-0.15, -0.1) is 0 Å². The van der Waals surface area contributed by atoms with Crippen LogP contribution in [0.4, 0.5) is 8.78 Å². The van der Waals surface area contributed by atoms with Crippen molar-refractivity contribution >= 4 is 28.4 Å². The average Bonchev–Trinajstić information content (AvgIpc) is 3.28. The summed E-state index contributed by atoms with van der Waals surface area (Å²) in [5, 5.41) is 0.728. The van der Waals surface area contributed by atoms with Gasteiger partial charge in [-0.3, -0.25) is 14.2 Å². The van der Waals surface area contributed by atoms with Crippen molar-refractivity contribution in [1.29, 1.82) is 0 Å². The van der Waals surface area contributed by atoms with E-state index < -0.39 is 6.61 Å². The topological polar surface area (TPSA) is 77.0 Å². The smallest absolute Gasteiger partial charge is 0.387 e. The normalized spacial score (nSPS) is 11.2. The summed E-state index contributed by atoms with van der Waals surface area (Å²) >= 11 is 1.12. The Balaban J connectivity index is 1.74. The minimum Gasteiger partial charge on any atom is -0.435 e. The average molecular weight is 427 g/mol. The molecule has 0 bridgehead atoms. The second kappa shape index (κ2) is 8.50. The summed E-state index contributed by atoms with van der Waals surface area (Å²) in [6.07, 6.45) is 1.66. The van der Waals surface area contributed by atoms with Crippen molar-refractivity contribution in [2.24, 2.45) is 0 Å². The molecule has 0 saturated heterocycles. The van der Waals surface area contributed by atoms with Gasteiger partial charge in [0.2, 0.25) is 0 Å². The molecule has 6 nitrogen and oxygen atoms in total. The molecule has 0 fully saturated rings. The van der Waals surface area contributed by atoms with E-state index in [1.807, 2.05) is 0 Å². The molecule has 0 saturated carbocycles. The van der Waals surface area contributed by atoms with Crippen LogP contribution < -0.4 is 10.3 Å². The van der Waals surface area contributed by atoms with Gasteiger partial charge in [0.1, 0.15) is 5.75 Å². The molecule has 4 rings (SSSR count).